The van der Waals surface area contributed by atoms with Gasteiger partial charge in [-0.15, -0.1) is 0 Å². The topological polar surface area (TPSA) is 30.6 Å². The number of esters is 1. The highest BCUT2D eigenvalue weighted by atomic mass is 16.5. The van der Waals surface area contributed by atoms with Crippen LogP contribution in [-0.4, -0.2) is 10.8 Å². The van der Waals surface area contributed by atoms with Crippen molar-refractivity contribution in [2.24, 2.45) is 0 Å². The summed E-state index contributed by atoms with van der Waals surface area (Å²) in [6, 6.07) is 7.73. The van der Waals surface area contributed by atoms with Gasteiger partial charge in [0.25, 0.3) is 0 Å². The third-order valence-electron chi connectivity index (χ3n) is 2.16. The van der Waals surface area contributed by atoms with Crippen LogP contribution in [0.4, 0.5) is 0 Å². The second kappa shape index (κ2) is 2.63. The first-order valence-electron chi connectivity index (χ1n) is 4.14. The minimum atomic E-state index is 0.0428. The molecule has 2 heteroatoms. The molecule has 0 spiro atoms. The monoisotopic (exact) mass is 163 g/mol. The summed E-state index contributed by atoms with van der Waals surface area (Å²) in [5.41, 5.74) is 1.93. The van der Waals surface area contributed by atoms with Crippen molar-refractivity contribution in [3.63, 3.8) is 0 Å². The molecule has 0 saturated carbocycles. The van der Waals surface area contributed by atoms with Crippen molar-refractivity contribution >= 4 is 5.97 Å². The zero-order chi connectivity index (χ0) is 8.55. The average molecular weight is 163 g/mol. The lowest BCUT2D eigenvalue weighted by atomic mass is 10.0. The summed E-state index contributed by atoms with van der Waals surface area (Å²) in [7, 11) is 0. The zero-order valence-corrected chi connectivity index (χ0v) is 6.95. The Kier molecular flexibility index (Phi) is 1.61. The summed E-state index contributed by atoms with van der Waals surface area (Å²) in [5, 5.41) is 0. The molecule has 2 nitrogen and oxygen atoms in total. The molecule has 62 valence electrons. The van der Waals surface area contributed by atoms with Gasteiger partial charge in [-0.3, -0.25) is 0 Å². The Labute approximate surface area is 71.2 Å². The molecule has 0 aromatic heterocycles. The lowest BCUT2D eigenvalue weighted by Crippen LogP contribution is -1.97. The van der Waals surface area contributed by atoms with Gasteiger partial charge in [-0.05, 0) is 6.07 Å². The molecular formula is C10H11O2+. The summed E-state index contributed by atoms with van der Waals surface area (Å²) in [4.78, 5) is 9.38. The maximum Gasteiger partial charge on any atom is 0.518 e. The van der Waals surface area contributed by atoms with Gasteiger partial charge in [-0.1, -0.05) is 25.1 Å². The lowest BCUT2D eigenvalue weighted by Gasteiger charge is -1.98. The molecule has 0 bridgehead atoms. The normalized spacial score (nSPS) is 20.4. The summed E-state index contributed by atoms with van der Waals surface area (Å²) < 4.78 is 5.25. The van der Waals surface area contributed by atoms with Crippen LogP contribution in [0.3, 0.4) is 0 Å². The van der Waals surface area contributed by atoms with E-state index >= 15 is 0 Å². The third-order valence-corrected chi connectivity index (χ3v) is 2.16. The first-order valence-corrected chi connectivity index (χ1v) is 4.14. The molecule has 1 aromatic carbocycles. The largest absolute Gasteiger partial charge is 0.518 e. The molecule has 1 aliphatic heterocycles. The van der Waals surface area contributed by atoms with Crippen LogP contribution in [0.1, 0.15) is 30.6 Å². The van der Waals surface area contributed by atoms with Gasteiger partial charge in [0.05, 0.1) is 0 Å². The highest BCUT2D eigenvalue weighted by Crippen LogP contribution is 2.31. The number of ether oxygens (including phenoxy) is 1. The van der Waals surface area contributed by atoms with Crippen molar-refractivity contribution < 1.29 is 9.53 Å². The van der Waals surface area contributed by atoms with Crippen molar-refractivity contribution in [2.45, 2.75) is 19.4 Å². The fourth-order valence-corrected chi connectivity index (χ4v) is 1.54. The molecular weight excluding hydrogens is 152 g/mol. The summed E-state index contributed by atoms with van der Waals surface area (Å²) >= 11 is 0. The van der Waals surface area contributed by atoms with Crippen LogP contribution in [0, 0.1) is 0 Å². The number of benzene rings is 1. The van der Waals surface area contributed by atoms with E-state index < -0.39 is 0 Å². The minimum Gasteiger partial charge on any atom is -0.335 e. The van der Waals surface area contributed by atoms with Crippen molar-refractivity contribution in [1.82, 2.24) is 0 Å². The van der Waals surface area contributed by atoms with Gasteiger partial charge in [0, 0.05) is 12.0 Å². The second-order valence-corrected chi connectivity index (χ2v) is 2.91. The fourth-order valence-electron chi connectivity index (χ4n) is 1.54. The van der Waals surface area contributed by atoms with Gasteiger partial charge in [0.15, 0.2) is 0 Å². The molecule has 0 saturated heterocycles. The zero-order valence-electron chi connectivity index (χ0n) is 6.95. The Bertz CT molecular complexity index is 317. The van der Waals surface area contributed by atoms with Crippen LogP contribution >= 0.6 is 0 Å². The van der Waals surface area contributed by atoms with Gasteiger partial charge in [-0.25, -0.2) is 0 Å². The predicted molar refractivity (Wildman–Crippen MR) is 46.6 cm³/mol. The van der Waals surface area contributed by atoms with E-state index in [1.165, 1.54) is 0 Å². The molecule has 0 aliphatic carbocycles. The highest BCUT2D eigenvalue weighted by molar-refractivity contribution is 5.94. The van der Waals surface area contributed by atoms with Crippen molar-refractivity contribution in [3.05, 3.63) is 35.4 Å². The molecule has 2 rings (SSSR count). The summed E-state index contributed by atoms with van der Waals surface area (Å²) in [6.45, 7) is 2.04. The lowest BCUT2D eigenvalue weighted by molar-refractivity contribution is 0.187. The molecule has 1 atom stereocenters. The molecule has 1 heterocycles. The van der Waals surface area contributed by atoms with E-state index in [1.807, 2.05) is 31.2 Å². The number of rotatable bonds is 1. The first-order chi connectivity index (χ1) is 5.83. The van der Waals surface area contributed by atoms with Crippen LogP contribution in [0.25, 0.3) is 0 Å². The van der Waals surface area contributed by atoms with Gasteiger partial charge >= 0.3 is 5.97 Å². The Hall–Kier alpha value is -1.31. The Morgan fingerprint density at radius 1 is 1.42 bits per heavy atom. The molecule has 12 heavy (non-hydrogen) atoms. The van der Waals surface area contributed by atoms with Crippen molar-refractivity contribution in [3.8, 4) is 0 Å². The van der Waals surface area contributed by atoms with Gasteiger partial charge in [0.2, 0.25) is 6.10 Å². The maximum atomic E-state index is 9.38. The SMILES string of the molecule is CCC1OC(=[OH+])c2ccccc21. The third kappa shape index (κ3) is 0.916. The van der Waals surface area contributed by atoms with Gasteiger partial charge in [-0.2, -0.15) is 0 Å². The second-order valence-electron chi connectivity index (χ2n) is 2.91. The van der Waals surface area contributed by atoms with Gasteiger partial charge in [0.1, 0.15) is 5.56 Å². The van der Waals surface area contributed by atoms with E-state index in [-0.39, 0.29) is 12.1 Å². The molecule has 0 fully saturated rings. The van der Waals surface area contributed by atoms with Crippen LogP contribution in [-0.2, 0) is 4.74 Å². The molecule has 1 aliphatic rings. The number of hydrogen-bond acceptors (Lipinski definition) is 1. The molecule has 1 unspecified atom stereocenters. The summed E-state index contributed by atoms with van der Waals surface area (Å²) in [6.07, 6.45) is 0.933. The average Bonchev–Trinajstić information content (AvgIpc) is 2.44. The highest BCUT2D eigenvalue weighted by Gasteiger charge is 2.37. The Balaban J connectivity index is 2.50. The van der Waals surface area contributed by atoms with E-state index in [0.29, 0.717) is 0 Å². The van der Waals surface area contributed by atoms with E-state index in [9.17, 15) is 4.79 Å². The molecule has 0 radical (unpaired) electrons. The van der Waals surface area contributed by atoms with Crippen molar-refractivity contribution in [1.29, 1.82) is 0 Å². The smallest absolute Gasteiger partial charge is 0.335 e. The van der Waals surface area contributed by atoms with Gasteiger partial charge < -0.3 is 9.53 Å². The number of cyclic esters (lactones) is 1. The number of carbonyl (C=O) groups excluding carboxylic acids is 1. The molecule has 0 amide bonds. The number of fused-ring (bicyclic) bond motifs is 1. The van der Waals surface area contributed by atoms with E-state index in [0.717, 1.165) is 17.5 Å². The first kappa shape index (κ1) is 7.35. The maximum absolute atomic E-state index is 9.38. The van der Waals surface area contributed by atoms with E-state index in [1.54, 1.807) is 0 Å². The van der Waals surface area contributed by atoms with Crippen molar-refractivity contribution in [2.75, 3.05) is 0 Å². The van der Waals surface area contributed by atoms with E-state index in [4.69, 9.17) is 4.74 Å². The predicted octanol–water partition coefficient (Wildman–Crippen LogP) is 2.02. The Morgan fingerprint density at radius 2 is 2.17 bits per heavy atom. The van der Waals surface area contributed by atoms with Crippen LogP contribution in [0.15, 0.2) is 24.3 Å². The summed E-state index contributed by atoms with van der Waals surface area (Å²) in [5.74, 6) is 0.0671. The number of hydrogen-bond donors (Lipinski definition) is 0. The standard InChI is InChI=1S/C10H10O2/c1-2-9-7-5-3-4-6-8(7)10(11)12-9/h3-6,9H,2H2,1H3/p+1. The Morgan fingerprint density at radius 3 is 2.92 bits per heavy atom. The fraction of sp³-hybridized carbons (Fsp3) is 0.300. The van der Waals surface area contributed by atoms with E-state index in [2.05, 4.69) is 0 Å². The molecule has 1 aromatic rings. The van der Waals surface area contributed by atoms with Crippen LogP contribution in [0.2, 0.25) is 0 Å². The quantitative estimate of drug-likeness (QED) is 0.460. The minimum absolute atomic E-state index is 0.0428. The molecule has 1 N–H and O–H groups in total. The van der Waals surface area contributed by atoms with Crippen LogP contribution < -0.4 is 0 Å². The van der Waals surface area contributed by atoms with Crippen LogP contribution in [0.5, 0.6) is 0 Å².